The van der Waals surface area contributed by atoms with Gasteiger partial charge in [0, 0.05) is 30.0 Å². The summed E-state index contributed by atoms with van der Waals surface area (Å²) in [5, 5.41) is 2.86. The summed E-state index contributed by atoms with van der Waals surface area (Å²) < 4.78 is 11.0. The van der Waals surface area contributed by atoms with E-state index in [1.165, 1.54) is 6.92 Å². The molecular weight excluding hydrogens is 344 g/mol. The van der Waals surface area contributed by atoms with Crippen LogP contribution in [0, 0.1) is 0 Å². The molecule has 0 spiro atoms. The van der Waals surface area contributed by atoms with E-state index in [1.807, 2.05) is 24.3 Å². The fourth-order valence-electron chi connectivity index (χ4n) is 2.87. The highest BCUT2D eigenvalue weighted by molar-refractivity contribution is 5.95. The number of ether oxygens (including phenoxy) is 2. The molecule has 1 atom stereocenters. The Morgan fingerprint density at radius 1 is 1.11 bits per heavy atom. The zero-order valence-electron chi connectivity index (χ0n) is 15.6. The van der Waals surface area contributed by atoms with Crippen LogP contribution in [0.4, 0.5) is 11.4 Å². The number of Topliss-reactive ketones (excluding diaryl/α,β-unsaturated/α-hetero) is 1. The number of benzene rings is 2. The molecule has 142 valence electrons. The largest absolute Gasteiger partial charge is 0.481 e. The summed E-state index contributed by atoms with van der Waals surface area (Å²) in [6, 6.07) is 14.6. The summed E-state index contributed by atoms with van der Waals surface area (Å²) in [6.07, 6.45) is -0.689. The van der Waals surface area contributed by atoms with Crippen LogP contribution in [0.15, 0.2) is 48.5 Å². The number of hydrogen-bond acceptors (Lipinski definition) is 5. The first-order valence-electron chi connectivity index (χ1n) is 9.04. The number of ketones is 1. The van der Waals surface area contributed by atoms with Gasteiger partial charge in [-0.3, -0.25) is 9.59 Å². The lowest BCUT2D eigenvalue weighted by molar-refractivity contribution is -0.122. The van der Waals surface area contributed by atoms with Crippen LogP contribution in [-0.2, 0) is 9.53 Å². The van der Waals surface area contributed by atoms with Crippen molar-refractivity contribution in [1.29, 1.82) is 0 Å². The van der Waals surface area contributed by atoms with Crippen molar-refractivity contribution in [3.8, 4) is 5.75 Å². The van der Waals surface area contributed by atoms with E-state index >= 15 is 0 Å². The fourth-order valence-corrected chi connectivity index (χ4v) is 2.87. The molecule has 0 aliphatic carbocycles. The molecule has 2 aromatic rings. The molecular formula is C21H24N2O4. The Morgan fingerprint density at radius 2 is 1.81 bits per heavy atom. The van der Waals surface area contributed by atoms with Gasteiger partial charge in [-0.15, -0.1) is 0 Å². The van der Waals surface area contributed by atoms with Crippen molar-refractivity contribution in [2.24, 2.45) is 0 Å². The molecule has 1 saturated heterocycles. The smallest absolute Gasteiger partial charge is 0.265 e. The molecule has 1 aliphatic heterocycles. The Hall–Kier alpha value is -2.86. The number of rotatable bonds is 6. The first-order chi connectivity index (χ1) is 13.0. The molecule has 0 unspecified atom stereocenters. The maximum atomic E-state index is 12.4. The van der Waals surface area contributed by atoms with Gasteiger partial charge >= 0.3 is 0 Å². The van der Waals surface area contributed by atoms with Crippen molar-refractivity contribution >= 4 is 23.1 Å². The number of carbonyl (C=O) groups is 2. The fraction of sp³-hybridized carbons (Fsp3) is 0.333. The second kappa shape index (κ2) is 8.68. The molecule has 1 aliphatic rings. The van der Waals surface area contributed by atoms with Gasteiger partial charge in [-0.25, -0.2) is 0 Å². The van der Waals surface area contributed by atoms with Gasteiger partial charge in [0.25, 0.3) is 5.91 Å². The average molecular weight is 368 g/mol. The third-order valence-electron chi connectivity index (χ3n) is 4.43. The van der Waals surface area contributed by atoms with Gasteiger partial charge in [0.1, 0.15) is 5.75 Å². The van der Waals surface area contributed by atoms with Crippen LogP contribution in [0.1, 0.15) is 24.2 Å². The van der Waals surface area contributed by atoms with Crippen molar-refractivity contribution in [3.05, 3.63) is 54.1 Å². The Labute approximate surface area is 159 Å². The van der Waals surface area contributed by atoms with Crippen molar-refractivity contribution in [3.63, 3.8) is 0 Å². The van der Waals surface area contributed by atoms with Crippen LogP contribution in [0.25, 0.3) is 0 Å². The second-order valence-corrected chi connectivity index (χ2v) is 6.48. The van der Waals surface area contributed by atoms with Gasteiger partial charge in [0.05, 0.1) is 13.2 Å². The Kier molecular flexibility index (Phi) is 6.08. The highest BCUT2D eigenvalue weighted by Crippen LogP contribution is 2.20. The molecule has 2 aromatic carbocycles. The zero-order chi connectivity index (χ0) is 19.2. The van der Waals surface area contributed by atoms with E-state index in [2.05, 4.69) is 10.2 Å². The van der Waals surface area contributed by atoms with E-state index in [9.17, 15) is 9.59 Å². The summed E-state index contributed by atoms with van der Waals surface area (Å²) in [7, 11) is 0. The summed E-state index contributed by atoms with van der Waals surface area (Å²) in [5.41, 5.74) is 2.38. The van der Waals surface area contributed by atoms with E-state index < -0.39 is 6.10 Å². The molecule has 0 saturated carbocycles. The predicted molar refractivity (Wildman–Crippen MR) is 105 cm³/mol. The predicted octanol–water partition coefficient (Wildman–Crippen LogP) is 3.13. The van der Waals surface area contributed by atoms with Crippen molar-refractivity contribution in [1.82, 2.24) is 0 Å². The van der Waals surface area contributed by atoms with Gasteiger partial charge in [-0.2, -0.15) is 0 Å². The first-order valence-corrected chi connectivity index (χ1v) is 9.04. The van der Waals surface area contributed by atoms with Gasteiger partial charge in [-0.05, 0) is 50.2 Å². The standard InChI is InChI=1S/C21H24N2O4/c1-15(24)17-4-3-5-20(14-17)27-16(2)21(25)22-18-6-8-19(9-7-18)23-10-12-26-13-11-23/h3-9,14,16H,10-13H2,1-2H3,(H,22,25)/t16-/m0/s1. The minimum absolute atomic E-state index is 0.0436. The van der Waals surface area contributed by atoms with Gasteiger partial charge < -0.3 is 19.7 Å². The third-order valence-corrected chi connectivity index (χ3v) is 4.43. The molecule has 6 nitrogen and oxygen atoms in total. The number of amides is 1. The van der Waals surface area contributed by atoms with Crippen molar-refractivity contribution < 1.29 is 19.1 Å². The maximum Gasteiger partial charge on any atom is 0.265 e. The van der Waals surface area contributed by atoms with E-state index in [0.717, 1.165) is 32.0 Å². The summed E-state index contributed by atoms with van der Waals surface area (Å²) in [5.74, 6) is 0.202. The lowest BCUT2D eigenvalue weighted by Crippen LogP contribution is -2.36. The Balaban J connectivity index is 1.57. The average Bonchev–Trinajstić information content (AvgIpc) is 2.69. The molecule has 1 N–H and O–H groups in total. The molecule has 1 fully saturated rings. The van der Waals surface area contributed by atoms with E-state index in [4.69, 9.17) is 9.47 Å². The van der Waals surface area contributed by atoms with Crippen LogP contribution >= 0.6 is 0 Å². The lowest BCUT2D eigenvalue weighted by Gasteiger charge is -2.29. The lowest BCUT2D eigenvalue weighted by atomic mass is 10.1. The van der Waals surface area contributed by atoms with E-state index in [0.29, 0.717) is 17.0 Å². The van der Waals surface area contributed by atoms with Crippen LogP contribution < -0.4 is 15.0 Å². The van der Waals surface area contributed by atoms with Crippen LogP contribution in [0.5, 0.6) is 5.75 Å². The Morgan fingerprint density at radius 3 is 2.48 bits per heavy atom. The molecule has 1 heterocycles. The first kappa shape index (κ1) is 18.9. The SMILES string of the molecule is CC(=O)c1cccc(O[C@@H](C)C(=O)Nc2ccc(N3CCOCC3)cc2)c1. The molecule has 6 heteroatoms. The maximum absolute atomic E-state index is 12.4. The zero-order valence-corrected chi connectivity index (χ0v) is 15.6. The number of carbonyl (C=O) groups excluding carboxylic acids is 2. The number of nitrogens with one attached hydrogen (secondary N) is 1. The Bertz CT molecular complexity index is 798. The molecule has 0 bridgehead atoms. The summed E-state index contributed by atoms with van der Waals surface area (Å²) in [6.45, 7) is 6.38. The molecule has 27 heavy (non-hydrogen) atoms. The van der Waals surface area contributed by atoms with Crippen molar-refractivity contribution in [2.45, 2.75) is 20.0 Å². The quantitative estimate of drug-likeness (QED) is 0.794. The molecule has 0 aromatic heterocycles. The number of anilines is 2. The van der Waals surface area contributed by atoms with Crippen LogP contribution in [0.2, 0.25) is 0 Å². The second-order valence-electron chi connectivity index (χ2n) is 6.48. The minimum Gasteiger partial charge on any atom is -0.481 e. The van der Waals surface area contributed by atoms with Gasteiger partial charge in [0.2, 0.25) is 0 Å². The molecule has 3 rings (SSSR count). The minimum atomic E-state index is -0.689. The highest BCUT2D eigenvalue weighted by atomic mass is 16.5. The normalized spacial score (nSPS) is 15.1. The van der Waals surface area contributed by atoms with Gasteiger partial charge in [-0.1, -0.05) is 12.1 Å². The summed E-state index contributed by atoms with van der Waals surface area (Å²) in [4.78, 5) is 26.1. The van der Waals surface area contributed by atoms with E-state index in [1.54, 1.807) is 31.2 Å². The highest BCUT2D eigenvalue weighted by Gasteiger charge is 2.16. The number of hydrogen-bond donors (Lipinski definition) is 1. The third kappa shape index (κ3) is 5.08. The van der Waals surface area contributed by atoms with Crippen LogP contribution in [-0.4, -0.2) is 44.1 Å². The monoisotopic (exact) mass is 368 g/mol. The molecule has 1 amide bonds. The molecule has 0 radical (unpaired) electrons. The van der Waals surface area contributed by atoms with E-state index in [-0.39, 0.29) is 11.7 Å². The summed E-state index contributed by atoms with van der Waals surface area (Å²) >= 11 is 0. The number of morpholine rings is 1. The number of nitrogens with zero attached hydrogens (tertiary/aromatic N) is 1. The van der Waals surface area contributed by atoms with Crippen molar-refractivity contribution in [2.75, 3.05) is 36.5 Å². The topological polar surface area (TPSA) is 67.9 Å². The van der Waals surface area contributed by atoms with Crippen LogP contribution in [0.3, 0.4) is 0 Å². The van der Waals surface area contributed by atoms with Gasteiger partial charge in [0.15, 0.2) is 11.9 Å².